The van der Waals surface area contributed by atoms with Gasteiger partial charge in [-0.2, -0.15) is 7.05 Å². The van der Waals surface area contributed by atoms with Crippen molar-refractivity contribution < 1.29 is 10.4 Å². The Bertz CT molecular complexity index is 80.9. The summed E-state index contributed by atoms with van der Waals surface area (Å²) in [4.78, 5) is 0. The Labute approximate surface area is 56.3 Å². The van der Waals surface area contributed by atoms with Crippen LogP contribution in [0.1, 0.15) is 25.7 Å². The van der Waals surface area contributed by atoms with Crippen molar-refractivity contribution in [3.05, 3.63) is 7.05 Å². The maximum Gasteiger partial charge on any atom is 0.0957 e. The lowest BCUT2D eigenvalue weighted by Gasteiger charge is -2.25. The highest BCUT2D eigenvalue weighted by atomic mass is 16.3. The van der Waals surface area contributed by atoms with Gasteiger partial charge in [-0.05, 0) is 12.8 Å². The van der Waals surface area contributed by atoms with E-state index in [1.54, 1.807) is 0 Å². The predicted molar refractivity (Wildman–Crippen MR) is 35.6 cm³/mol. The molecule has 0 unspecified atom stereocenters. The van der Waals surface area contributed by atoms with Crippen molar-refractivity contribution in [1.29, 1.82) is 0 Å². The topological polar surface area (TPSA) is 36.8 Å². The Morgan fingerprint density at radius 3 is 2.22 bits per heavy atom. The van der Waals surface area contributed by atoms with Crippen LogP contribution < -0.4 is 5.32 Å². The summed E-state index contributed by atoms with van der Waals surface area (Å²) >= 11 is 0. The molecule has 54 valence electrons. The van der Waals surface area contributed by atoms with E-state index in [1.807, 2.05) is 5.32 Å². The first-order valence-electron chi connectivity index (χ1n) is 3.57. The van der Waals surface area contributed by atoms with E-state index in [1.165, 1.54) is 12.8 Å². The van der Waals surface area contributed by atoms with E-state index >= 15 is 0 Å². The van der Waals surface area contributed by atoms with Crippen molar-refractivity contribution in [2.75, 3.05) is 6.61 Å². The van der Waals surface area contributed by atoms with Crippen LogP contribution in [0.25, 0.3) is 0 Å². The van der Waals surface area contributed by atoms with Crippen molar-refractivity contribution in [3.8, 4) is 0 Å². The third kappa shape index (κ3) is 1.25. The Balaban J connectivity index is 2.45. The van der Waals surface area contributed by atoms with Gasteiger partial charge < -0.3 is 10.4 Å². The summed E-state index contributed by atoms with van der Waals surface area (Å²) in [5, 5.41) is 10.9. The summed E-state index contributed by atoms with van der Waals surface area (Å²) in [6.07, 6.45) is 4.78. The zero-order chi connectivity index (χ0) is 6.74. The smallest absolute Gasteiger partial charge is 0.0957 e. The highest BCUT2D eigenvalue weighted by Gasteiger charge is 2.32. The number of nitrogens with two attached hydrogens (primary N) is 1. The number of hydrogen-bond acceptors (Lipinski definition) is 1. The summed E-state index contributed by atoms with van der Waals surface area (Å²) in [5.74, 6) is 0. The number of hydrogen-bond donors (Lipinski definition) is 2. The van der Waals surface area contributed by atoms with Crippen LogP contribution >= 0.6 is 0 Å². The lowest BCUT2D eigenvalue weighted by atomic mass is 10.00. The van der Waals surface area contributed by atoms with E-state index in [2.05, 4.69) is 7.05 Å². The van der Waals surface area contributed by atoms with Crippen LogP contribution in [0.4, 0.5) is 0 Å². The summed E-state index contributed by atoms with van der Waals surface area (Å²) in [6.45, 7) is 0.288. The first kappa shape index (κ1) is 7.03. The van der Waals surface area contributed by atoms with Crippen molar-refractivity contribution >= 4 is 0 Å². The maximum atomic E-state index is 8.95. The van der Waals surface area contributed by atoms with Gasteiger partial charge in [-0.3, -0.25) is 0 Å². The normalized spacial score (nSPS) is 24.7. The van der Waals surface area contributed by atoms with Gasteiger partial charge in [-0.25, -0.2) is 0 Å². The zero-order valence-electron chi connectivity index (χ0n) is 5.77. The summed E-state index contributed by atoms with van der Waals surface area (Å²) < 4.78 is 0. The minimum absolute atomic E-state index is 0.0972. The molecule has 0 heterocycles. The Morgan fingerprint density at radius 1 is 1.44 bits per heavy atom. The first-order chi connectivity index (χ1) is 4.33. The molecular weight excluding hydrogens is 114 g/mol. The Hall–Kier alpha value is -0.0800. The minimum Gasteiger partial charge on any atom is -0.472 e. The molecule has 0 bridgehead atoms. The number of aliphatic hydroxyl groups excluding tert-OH is 1. The average molecular weight is 129 g/mol. The largest absolute Gasteiger partial charge is 0.472 e. The highest BCUT2D eigenvalue weighted by Crippen LogP contribution is 2.24. The fraction of sp³-hybridized carbons (Fsp3) is 0.857. The molecule has 1 aliphatic rings. The molecule has 0 amide bonds. The van der Waals surface area contributed by atoms with Gasteiger partial charge in [-0.15, -0.1) is 0 Å². The quantitative estimate of drug-likeness (QED) is 0.491. The van der Waals surface area contributed by atoms with Crippen molar-refractivity contribution in [3.63, 3.8) is 0 Å². The highest BCUT2D eigenvalue weighted by molar-refractivity contribution is 4.82. The molecule has 1 fully saturated rings. The first-order valence-corrected chi connectivity index (χ1v) is 3.57. The monoisotopic (exact) mass is 129 g/mol. The SMILES string of the molecule is [CH2-][NH2+]C1(CO)CCCC1. The van der Waals surface area contributed by atoms with Gasteiger partial charge in [0.2, 0.25) is 0 Å². The van der Waals surface area contributed by atoms with E-state index in [-0.39, 0.29) is 12.1 Å². The van der Waals surface area contributed by atoms with Crippen LogP contribution in [0, 0.1) is 7.05 Å². The third-order valence-corrected chi connectivity index (χ3v) is 2.35. The van der Waals surface area contributed by atoms with Gasteiger partial charge in [0.1, 0.15) is 0 Å². The molecule has 1 aliphatic carbocycles. The second-order valence-corrected chi connectivity index (χ2v) is 2.93. The second kappa shape index (κ2) is 2.67. The fourth-order valence-corrected chi connectivity index (χ4v) is 1.51. The molecule has 0 aliphatic heterocycles. The summed E-state index contributed by atoms with van der Waals surface area (Å²) in [7, 11) is 3.73. The number of rotatable bonds is 2. The molecule has 0 radical (unpaired) electrons. The predicted octanol–water partition coefficient (Wildman–Crippen LogP) is -0.354. The molecule has 1 rings (SSSR count). The van der Waals surface area contributed by atoms with Crippen molar-refractivity contribution in [2.24, 2.45) is 0 Å². The zero-order valence-corrected chi connectivity index (χ0v) is 5.77. The van der Waals surface area contributed by atoms with Gasteiger partial charge in [0.05, 0.1) is 12.1 Å². The number of quaternary nitrogens is 1. The molecule has 3 N–H and O–H groups in total. The molecule has 0 aromatic carbocycles. The molecule has 0 spiro atoms. The lowest BCUT2D eigenvalue weighted by molar-refractivity contribution is -0.677. The Kier molecular flexibility index (Phi) is 2.09. The van der Waals surface area contributed by atoms with Gasteiger partial charge in [-0.1, -0.05) is 0 Å². The molecular formula is C7H15NO. The fourth-order valence-electron chi connectivity index (χ4n) is 1.51. The summed E-state index contributed by atoms with van der Waals surface area (Å²) in [5.41, 5.74) is 0.0972. The van der Waals surface area contributed by atoms with Crippen LogP contribution in [-0.2, 0) is 0 Å². The maximum absolute atomic E-state index is 8.95. The van der Waals surface area contributed by atoms with Gasteiger partial charge >= 0.3 is 0 Å². The Morgan fingerprint density at radius 2 is 2.00 bits per heavy atom. The third-order valence-electron chi connectivity index (χ3n) is 2.35. The minimum atomic E-state index is 0.0972. The van der Waals surface area contributed by atoms with E-state index in [0.29, 0.717) is 0 Å². The van der Waals surface area contributed by atoms with Crippen LogP contribution in [0.5, 0.6) is 0 Å². The molecule has 2 heteroatoms. The molecule has 0 aromatic heterocycles. The molecule has 0 aromatic rings. The van der Waals surface area contributed by atoms with Crippen molar-refractivity contribution in [1.82, 2.24) is 0 Å². The lowest BCUT2D eigenvalue weighted by Crippen LogP contribution is -2.92. The van der Waals surface area contributed by atoms with E-state index in [4.69, 9.17) is 5.11 Å². The molecule has 2 nitrogen and oxygen atoms in total. The van der Waals surface area contributed by atoms with Crippen LogP contribution in [-0.4, -0.2) is 17.3 Å². The van der Waals surface area contributed by atoms with E-state index in [0.717, 1.165) is 12.8 Å². The molecule has 0 atom stereocenters. The summed E-state index contributed by atoms with van der Waals surface area (Å²) in [6, 6.07) is 0. The van der Waals surface area contributed by atoms with E-state index < -0.39 is 0 Å². The second-order valence-electron chi connectivity index (χ2n) is 2.93. The van der Waals surface area contributed by atoms with Crippen LogP contribution in [0.3, 0.4) is 0 Å². The standard InChI is InChI=1S/C7H15NO/c1-8-7(6-9)4-2-3-5-7/h9H,1-6,8H2. The molecule has 9 heavy (non-hydrogen) atoms. The van der Waals surface area contributed by atoms with Crippen LogP contribution in [0.2, 0.25) is 0 Å². The van der Waals surface area contributed by atoms with Gasteiger partial charge in [0.25, 0.3) is 0 Å². The number of aliphatic hydroxyl groups is 1. The van der Waals surface area contributed by atoms with Crippen LogP contribution in [0.15, 0.2) is 0 Å². The van der Waals surface area contributed by atoms with Gasteiger partial charge in [0, 0.05) is 12.8 Å². The molecule has 0 saturated heterocycles. The molecule has 1 saturated carbocycles. The average Bonchev–Trinajstić information content (AvgIpc) is 2.36. The van der Waals surface area contributed by atoms with Crippen molar-refractivity contribution in [2.45, 2.75) is 31.2 Å². The van der Waals surface area contributed by atoms with E-state index in [9.17, 15) is 0 Å². The van der Waals surface area contributed by atoms with Gasteiger partial charge in [0.15, 0.2) is 0 Å².